The fraction of sp³-hybridized carbons (Fsp3) is 0.632. The van der Waals surface area contributed by atoms with Gasteiger partial charge < -0.3 is 25.0 Å². The van der Waals surface area contributed by atoms with Crippen molar-refractivity contribution in [3.63, 3.8) is 0 Å². The van der Waals surface area contributed by atoms with Gasteiger partial charge in [-0.1, -0.05) is 18.2 Å². The van der Waals surface area contributed by atoms with Crippen LogP contribution in [0.5, 0.6) is 0 Å². The molecule has 1 aromatic rings. The molecule has 2 N–H and O–H groups in total. The lowest BCUT2D eigenvalue weighted by molar-refractivity contribution is 0.0268. The monoisotopic (exact) mass is 476 g/mol. The SMILES string of the molecule is CCNC(=NCc1ccccc1N1CCOCC1)NCC(C)(C)OC.I. The molecular formula is C19H33IN4O2. The number of halogens is 1. The lowest BCUT2D eigenvalue weighted by Crippen LogP contribution is -2.45. The number of morpholine rings is 1. The standard InChI is InChI=1S/C19H32N4O2.HI/c1-5-20-18(22-15-19(2,3)24-4)21-14-16-8-6-7-9-17(16)23-10-12-25-13-11-23;/h6-9H,5,10-15H2,1-4H3,(H2,20,21,22);1H. The van der Waals surface area contributed by atoms with E-state index in [4.69, 9.17) is 14.5 Å². The minimum atomic E-state index is -0.234. The molecule has 6 nitrogen and oxygen atoms in total. The van der Waals surface area contributed by atoms with Crippen LogP contribution in [0.4, 0.5) is 5.69 Å². The van der Waals surface area contributed by atoms with Crippen LogP contribution < -0.4 is 15.5 Å². The van der Waals surface area contributed by atoms with Gasteiger partial charge in [-0.3, -0.25) is 0 Å². The van der Waals surface area contributed by atoms with Gasteiger partial charge in [-0.2, -0.15) is 0 Å². The molecule has 0 saturated carbocycles. The fourth-order valence-corrected chi connectivity index (χ4v) is 2.63. The normalized spacial score (nSPS) is 15.4. The van der Waals surface area contributed by atoms with Crippen molar-refractivity contribution in [2.75, 3.05) is 51.4 Å². The Kier molecular flexibility index (Phi) is 10.3. The van der Waals surface area contributed by atoms with E-state index in [0.717, 1.165) is 38.8 Å². The van der Waals surface area contributed by atoms with Crippen molar-refractivity contribution in [1.29, 1.82) is 0 Å². The zero-order chi connectivity index (χ0) is 18.1. The highest BCUT2D eigenvalue weighted by molar-refractivity contribution is 14.0. The summed E-state index contributed by atoms with van der Waals surface area (Å²) in [5, 5.41) is 6.66. The van der Waals surface area contributed by atoms with Gasteiger partial charge >= 0.3 is 0 Å². The van der Waals surface area contributed by atoms with E-state index >= 15 is 0 Å². The molecule has 26 heavy (non-hydrogen) atoms. The number of aliphatic imine (C=N–C) groups is 1. The molecule has 1 heterocycles. The second-order valence-electron chi connectivity index (χ2n) is 6.74. The van der Waals surface area contributed by atoms with E-state index in [1.54, 1.807) is 7.11 Å². The first kappa shape index (κ1) is 23.0. The second kappa shape index (κ2) is 11.6. The third-order valence-electron chi connectivity index (χ3n) is 4.33. The van der Waals surface area contributed by atoms with Gasteiger partial charge in [-0.25, -0.2) is 4.99 Å². The third kappa shape index (κ3) is 7.28. The van der Waals surface area contributed by atoms with Gasteiger partial charge in [0.05, 0.1) is 25.4 Å². The summed E-state index contributed by atoms with van der Waals surface area (Å²) in [7, 11) is 1.73. The zero-order valence-corrected chi connectivity index (χ0v) is 18.7. The number of methoxy groups -OCH3 is 1. The smallest absolute Gasteiger partial charge is 0.191 e. The van der Waals surface area contributed by atoms with Crippen molar-refractivity contribution in [3.05, 3.63) is 29.8 Å². The van der Waals surface area contributed by atoms with Crippen LogP contribution in [0.3, 0.4) is 0 Å². The van der Waals surface area contributed by atoms with Crippen LogP contribution in [0.2, 0.25) is 0 Å². The Morgan fingerprint density at radius 1 is 1.23 bits per heavy atom. The summed E-state index contributed by atoms with van der Waals surface area (Å²) < 4.78 is 10.9. The van der Waals surface area contributed by atoms with Gasteiger partial charge in [0.1, 0.15) is 0 Å². The Morgan fingerprint density at radius 2 is 1.92 bits per heavy atom. The van der Waals surface area contributed by atoms with E-state index in [2.05, 4.69) is 60.6 Å². The Labute approximate surface area is 174 Å². The van der Waals surface area contributed by atoms with E-state index in [9.17, 15) is 0 Å². The molecule has 0 aliphatic carbocycles. The fourth-order valence-electron chi connectivity index (χ4n) is 2.63. The number of benzene rings is 1. The Morgan fingerprint density at radius 3 is 2.58 bits per heavy atom. The third-order valence-corrected chi connectivity index (χ3v) is 4.33. The molecule has 7 heteroatoms. The van der Waals surface area contributed by atoms with E-state index in [0.29, 0.717) is 13.1 Å². The molecule has 1 aliphatic rings. The first-order chi connectivity index (χ1) is 12.1. The molecule has 0 atom stereocenters. The summed E-state index contributed by atoms with van der Waals surface area (Å²) in [6.07, 6.45) is 0. The number of guanidine groups is 1. The van der Waals surface area contributed by atoms with E-state index in [-0.39, 0.29) is 29.6 Å². The summed E-state index contributed by atoms with van der Waals surface area (Å²) in [5.41, 5.74) is 2.25. The number of anilines is 1. The van der Waals surface area contributed by atoms with Gasteiger partial charge in [0.15, 0.2) is 5.96 Å². The number of hydrogen-bond donors (Lipinski definition) is 2. The molecular weight excluding hydrogens is 443 g/mol. The number of nitrogens with zero attached hydrogens (tertiary/aromatic N) is 2. The van der Waals surface area contributed by atoms with Crippen LogP contribution in [0.15, 0.2) is 29.3 Å². The molecule has 2 rings (SSSR count). The summed E-state index contributed by atoms with van der Waals surface area (Å²) in [4.78, 5) is 7.14. The molecule has 1 aromatic carbocycles. The van der Waals surface area contributed by atoms with Gasteiger partial charge in [0.2, 0.25) is 0 Å². The maximum absolute atomic E-state index is 5.46. The van der Waals surface area contributed by atoms with Crippen LogP contribution in [0.25, 0.3) is 0 Å². The Bertz CT molecular complexity index is 560. The van der Waals surface area contributed by atoms with Crippen LogP contribution in [0, 0.1) is 0 Å². The highest BCUT2D eigenvalue weighted by Gasteiger charge is 2.17. The topological polar surface area (TPSA) is 58.1 Å². The summed E-state index contributed by atoms with van der Waals surface area (Å²) in [5.74, 6) is 0.810. The highest BCUT2D eigenvalue weighted by atomic mass is 127. The lowest BCUT2D eigenvalue weighted by atomic mass is 10.1. The largest absolute Gasteiger partial charge is 0.378 e. The van der Waals surface area contributed by atoms with Crippen molar-refractivity contribution in [2.24, 2.45) is 4.99 Å². The summed E-state index contributed by atoms with van der Waals surface area (Å²) in [6.45, 7) is 11.8. The molecule has 0 spiro atoms. The molecule has 148 valence electrons. The van der Waals surface area contributed by atoms with Crippen LogP contribution in [-0.4, -0.2) is 58.1 Å². The first-order valence-corrected chi connectivity index (χ1v) is 9.03. The predicted molar refractivity (Wildman–Crippen MR) is 119 cm³/mol. The van der Waals surface area contributed by atoms with Crippen molar-refractivity contribution < 1.29 is 9.47 Å². The number of para-hydroxylation sites is 1. The van der Waals surface area contributed by atoms with Crippen molar-refractivity contribution in [2.45, 2.75) is 32.9 Å². The Balaban J connectivity index is 0.00000338. The average Bonchev–Trinajstić information content (AvgIpc) is 2.65. The Hall–Kier alpha value is -1.06. The number of nitrogens with one attached hydrogen (secondary N) is 2. The molecule has 0 amide bonds. The maximum Gasteiger partial charge on any atom is 0.191 e. The van der Waals surface area contributed by atoms with Crippen LogP contribution in [0.1, 0.15) is 26.3 Å². The minimum absolute atomic E-state index is 0. The van der Waals surface area contributed by atoms with Crippen molar-refractivity contribution in [3.8, 4) is 0 Å². The molecule has 1 aliphatic heterocycles. The zero-order valence-electron chi connectivity index (χ0n) is 16.4. The van der Waals surface area contributed by atoms with Crippen molar-refractivity contribution in [1.82, 2.24) is 10.6 Å². The molecule has 1 fully saturated rings. The number of hydrogen-bond acceptors (Lipinski definition) is 4. The summed E-state index contributed by atoms with van der Waals surface area (Å²) in [6, 6.07) is 8.48. The molecule has 0 radical (unpaired) electrons. The maximum atomic E-state index is 5.46. The van der Waals surface area contributed by atoms with Crippen LogP contribution >= 0.6 is 24.0 Å². The summed E-state index contributed by atoms with van der Waals surface area (Å²) >= 11 is 0. The van der Waals surface area contributed by atoms with E-state index < -0.39 is 0 Å². The van der Waals surface area contributed by atoms with Crippen LogP contribution in [-0.2, 0) is 16.0 Å². The second-order valence-corrected chi connectivity index (χ2v) is 6.74. The molecule has 1 saturated heterocycles. The molecule has 0 aromatic heterocycles. The van der Waals surface area contributed by atoms with Gasteiger partial charge in [-0.15, -0.1) is 24.0 Å². The van der Waals surface area contributed by atoms with Gasteiger partial charge in [0.25, 0.3) is 0 Å². The van der Waals surface area contributed by atoms with E-state index in [1.165, 1.54) is 11.3 Å². The number of rotatable bonds is 7. The number of ether oxygens (including phenoxy) is 2. The minimum Gasteiger partial charge on any atom is -0.378 e. The molecule has 0 unspecified atom stereocenters. The van der Waals surface area contributed by atoms with Crippen molar-refractivity contribution >= 4 is 35.6 Å². The molecule has 0 bridgehead atoms. The average molecular weight is 476 g/mol. The van der Waals surface area contributed by atoms with Gasteiger partial charge in [0, 0.05) is 39.0 Å². The van der Waals surface area contributed by atoms with Gasteiger partial charge in [-0.05, 0) is 32.4 Å². The predicted octanol–water partition coefficient (Wildman–Crippen LogP) is 2.62. The first-order valence-electron chi connectivity index (χ1n) is 9.03. The lowest BCUT2D eigenvalue weighted by Gasteiger charge is -2.30. The quantitative estimate of drug-likeness (QED) is 0.360. The van der Waals surface area contributed by atoms with E-state index in [1.807, 2.05) is 0 Å². The highest BCUT2D eigenvalue weighted by Crippen LogP contribution is 2.22.